The minimum Gasteiger partial charge on any atom is -0.351 e. The van der Waals surface area contributed by atoms with Crippen molar-refractivity contribution in [2.75, 3.05) is 6.54 Å². The summed E-state index contributed by atoms with van der Waals surface area (Å²) < 4.78 is 71.6. The van der Waals surface area contributed by atoms with E-state index < -0.39 is 22.0 Å². The lowest BCUT2D eigenvalue weighted by Crippen LogP contribution is -2.28. The monoisotopic (exact) mass is 444 g/mol. The van der Waals surface area contributed by atoms with Gasteiger partial charge in [0.25, 0.3) is 0 Å². The maximum atomic E-state index is 13.0. The molecule has 1 atom stereocenters. The maximum Gasteiger partial charge on any atom is 0.452 e. The van der Waals surface area contributed by atoms with E-state index in [1.54, 1.807) is 13.8 Å². The zero-order chi connectivity index (χ0) is 21.4. The lowest BCUT2D eigenvalue weighted by atomic mass is 10.0. The molecule has 5 nitrogen and oxygen atoms in total. The largest absolute Gasteiger partial charge is 0.452 e. The second kappa shape index (κ2) is 7.92. The Morgan fingerprint density at radius 1 is 1.17 bits per heavy atom. The number of halogens is 3. The summed E-state index contributed by atoms with van der Waals surface area (Å²) in [4.78, 5) is 0.942. The Bertz CT molecular complexity index is 1100. The lowest BCUT2D eigenvalue weighted by Gasteiger charge is -2.14. The molecule has 2 aromatic heterocycles. The molecule has 156 valence electrons. The fraction of sp³-hybridized carbons (Fsp3) is 0.316. The van der Waals surface area contributed by atoms with Gasteiger partial charge in [-0.1, -0.05) is 42.4 Å². The predicted octanol–water partition coefficient (Wildman–Crippen LogP) is 5.12. The van der Waals surface area contributed by atoms with Gasteiger partial charge in [-0.3, -0.25) is 0 Å². The van der Waals surface area contributed by atoms with Gasteiger partial charge >= 0.3 is 6.18 Å². The summed E-state index contributed by atoms with van der Waals surface area (Å²) >= 11 is 1.18. The van der Waals surface area contributed by atoms with Crippen LogP contribution in [0.4, 0.5) is 13.2 Å². The third-order valence-corrected chi connectivity index (χ3v) is 7.21. The van der Waals surface area contributed by atoms with Crippen LogP contribution in [0.15, 0.2) is 45.8 Å². The first kappa shape index (κ1) is 21.5. The molecule has 2 heterocycles. The number of alkyl halides is 3. The van der Waals surface area contributed by atoms with E-state index in [9.17, 15) is 21.6 Å². The Kier molecular flexibility index (Phi) is 5.88. The molecule has 3 aromatic rings. The Morgan fingerprint density at radius 3 is 2.41 bits per heavy atom. The summed E-state index contributed by atoms with van der Waals surface area (Å²) in [6.45, 7) is 5.28. The quantitative estimate of drug-likeness (QED) is 0.573. The van der Waals surface area contributed by atoms with Crippen molar-refractivity contribution >= 4 is 21.4 Å². The van der Waals surface area contributed by atoms with Gasteiger partial charge in [-0.05, 0) is 25.3 Å². The minimum absolute atomic E-state index is 0.0673. The highest BCUT2D eigenvalue weighted by Crippen LogP contribution is 2.40. The molecule has 0 aliphatic heterocycles. The second-order valence-corrected chi connectivity index (χ2v) is 9.79. The first-order valence-electron chi connectivity index (χ1n) is 8.69. The summed E-state index contributed by atoms with van der Waals surface area (Å²) in [6.07, 6.45) is -4.70. The van der Waals surface area contributed by atoms with Crippen LogP contribution >= 0.6 is 11.3 Å². The van der Waals surface area contributed by atoms with Crippen molar-refractivity contribution in [1.29, 1.82) is 0 Å². The van der Waals surface area contributed by atoms with Crippen molar-refractivity contribution in [3.63, 3.8) is 0 Å². The first-order chi connectivity index (χ1) is 13.5. The molecular formula is C19H19F3N2O3S2. The number of nitrogens with zero attached hydrogens (tertiary/aromatic N) is 1. The van der Waals surface area contributed by atoms with Gasteiger partial charge in [-0.2, -0.15) is 13.2 Å². The number of hydrogen-bond acceptors (Lipinski definition) is 5. The predicted molar refractivity (Wildman–Crippen MR) is 104 cm³/mol. The molecule has 0 unspecified atom stereocenters. The molecule has 29 heavy (non-hydrogen) atoms. The van der Waals surface area contributed by atoms with Crippen LogP contribution in [-0.2, 0) is 16.2 Å². The molecule has 1 aromatic carbocycles. The van der Waals surface area contributed by atoms with E-state index in [0.717, 1.165) is 11.6 Å². The molecule has 3 rings (SSSR count). The van der Waals surface area contributed by atoms with E-state index in [0.29, 0.717) is 9.75 Å². The smallest absolute Gasteiger partial charge is 0.351 e. The molecule has 0 spiro atoms. The number of thiophene rings is 1. The Hall–Kier alpha value is -2.17. The number of aryl methyl sites for hydroxylation is 2. The first-order valence-corrected chi connectivity index (χ1v) is 11.0. The molecule has 0 bridgehead atoms. The third-order valence-electron chi connectivity index (χ3n) is 4.47. The van der Waals surface area contributed by atoms with Gasteiger partial charge in [-0.15, -0.1) is 11.3 Å². The van der Waals surface area contributed by atoms with Crippen LogP contribution in [0.2, 0.25) is 0 Å². The van der Waals surface area contributed by atoms with Crippen molar-refractivity contribution in [3.8, 4) is 11.3 Å². The average Bonchev–Trinajstić information content (AvgIpc) is 3.24. The number of hydrogen-bond donors (Lipinski definition) is 1. The second-order valence-electron chi connectivity index (χ2n) is 6.66. The Balaban J connectivity index is 1.93. The molecule has 0 fully saturated rings. The Morgan fingerprint density at radius 2 is 1.83 bits per heavy atom. The summed E-state index contributed by atoms with van der Waals surface area (Å²) in [5, 5.41) is 3.46. The van der Waals surface area contributed by atoms with Crippen LogP contribution in [0.3, 0.4) is 0 Å². The van der Waals surface area contributed by atoms with Gasteiger partial charge in [0.15, 0.2) is 0 Å². The molecule has 10 heteroatoms. The van der Waals surface area contributed by atoms with E-state index in [4.69, 9.17) is 0 Å². The highest BCUT2D eigenvalue weighted by atomic mass is 32.2. The SMILES string of the molecule is Cc1sc(C)c(S(=O)(=O)NC[C@H](C)c2ccccc2)c1-c1cc(C(F)(F)F)on1. The molecule has 0 radical (unpaired) electrons. The fourth-order valence-corrected chi connectivity index (χ4v) is 6.02. The normalized spacial score (nSPS) is 13.6. The zero-order valence-corrected chi connectivity index (χ0v) is 17.5. The van der Waals surface area contributed by atoms with E-state index in [1.165, 1.54) is 11.3 Å². The highest BCUT2D eigenvalue weighted by molar-refractivity contribution is 7.89. The van der Waals surface area contributed by atoms with Crippen LogP contribution in [0.25, 0.3) is 11.3 Å². The average molecular weight is 445 g/mol. The number of rotatable bonds is 6. The van der Waals surface area contributed by atoms with E-state index in [-0.39, 0.29) is 28.6 Å². The zero-order valence-electron chi connectivity index (χ0n) is 15.9. The van der Waals surface area contributed by atoms with Gasteiger partial charge in [0, 0.05) is 27.9 Å². The molecule has 0 saturated heterocycles. The summed E-state index contributed by atoms with van der Waals surface area (Å²) in [6, 6.07) is 10.1. The molecule has 0 aliphatic carbocycles. The van der Waals surface area contributed by atoms with Gasteiger partial charge in [0.1, 0.15) is 10.6 Å². The topological polar surface area (TPSA) is 72.2 Å². The van der Waals surface area contributed by atoms with Crippen LogP contribution in [0, 0.1) is 13.8 Å². The molecule has 0 saturated carbocycles. The number of aromatic nitrogens is 1. The summed E-state index contributed by atoms with van der Waals surface area (Å²) in [5.41, 5.74) is 0.947. The highest BCUT2D eigenvalue weighted by Gasteiger charge is 2.37. The van der Waals surface area contributed by atoms with E-state index in [2.05, 4.69) is 14.4 Å². The van der Waals surface area contributed by atoms with Crippen molar-refractivity contribution in [2.45, 2.75) is 37.8 Å². The summed E-state index contributed by atoms with van der Waals surface area (Å²) in [7, 11) is -3.98. The third kappa shape index (κ3) is 4.54. The van der Waals surface area contributed by atoms with Crippen LogP contribution in [0.5, 0.6) is 0 Å². The number of nitrogens with one attached hydrogen (secondary N) is 1. The number of sulfonamides is 1. The van der Waals surface area contributed by atoms with Crippen LogP contribution < -0.4 is 4.72 Å². The van der Waals surface area contributed by atoms with E-state index >= 15 is 0 Å². The van der Waals surface area contributed by atoms with Gasteiger partial charge in [-0.25, -0.2) is 13.1 Å². The van der Waals surface area contributed by atoms with Crippen molar-refractivity contribution in [2.24, 2.45) is 0 Å². The van der Waals surface area contributed by atoms with Gasteiger partial charge in [0.05, 0.1) is 0 Å². The fourth-order valence-electron chi connectivity index (χ4n) is 3.02. The van der Waals surface area contributed by atoms with Crippen molar-refractivity contribution < 1.29 is 26.1 Å². The lowest BCUT2D eigenvalue weighted by molar-refractivity contribution is -0.155. The van der Waals surface area contributed by atoms with E-state index in [1.807, 2.05) is 37.3 Å². The summed E-state index contributed by atoms with van der Waals surface area (Å²) in [5.74, 6) is -1.36. The van der Waals surface area contributed by atoms with Crippen molar-refractivity contribution in [1.82, 2.24) is 9.88 Å². The van der Waals surface area contributed by atoms with Crippen molar-refractivity contribution in [3.05, 3.63) is 57.5 Å². The standard InChI is InChI=1S/C19H19F3N2O3S2/c1-11(14-7-5-4-6-8-14)10-23-29(25,26)18-13(3)28-12(2)17(18)15-9-16(27-24-15)19(20,21)22/h4-9,11,23H,10H2,1-3H3/t11-/m0/s1. The molecule has 0 aliphatic rings. The molecule has 1 N–H and O–H groups in total. The molecular weight excluding hydrogens is 425 g/mol. The Labute approximate surface area is 170 Å². The minimum atomic E-state index is -4.70. The number of benzene rings is 1. The van der Waals surface area contributed by atoms with Gasteiger partial charge < -0.3 is 4.52 Å². The van der Waals surface area contributed by atoms with Crippen LogP contribution in [-0.4, -0.2) is 20.1 Å². The maximum absolute atomic E-state index is 13.0. The van der Waals surface area contributed by atoms with Gasteiger partial charge in [0.2, 0.25) is 15.8 Å². The molecule has 0 amide bonds. The van der Waals surface area contributed by atoms with Crippen LogP contribution in [0.1, 0.15) is 33.9 Å².